The summed E-state index contributed by atoms with van der Waals surface area (Å²) in [5.74, 6) is 1.36. The quantitative estimate of drug-likeness (QED) is 0.623. The molecule has 0 spiro atoms. The van der Waals surface area contributed by atoms with Crippen LogP contribution in [0, 0.1) is 11.8 Å². The van der Waals surface area contributed by atoms with Gasteiger partial charge in [0.1, 0.15) is 0 Å². The van der Waals surface area contributed by atoms with Gasteiger partial charge < -0.3 is 0 Å². The third-order valence-corrected chi connectivity index (χ3v) is 2.90. The van der Waals surface area contributed by atoms with Crippen molar-refractivity contribution in [1.29, 1.82) is 0 Å². The van der Waals surface area contributed by atoms with Crippen molar-refractivity contribution >= 4 is 5.78 Å². The van der Waals surface area contributed by atoms with Crippen LogP contribution in [0.5, 0.6) is 0 Å². The van der Waals surface area contributed by atoms with Crippen molar-refractivity contribution in [1.82, 2.24) is 0 Å². The van der Waals surface area contributed by atoms with Gasteiger partial charge >= 0.3 is 0 Å². The third kappa shape index (κ3) is 4.08. The van der Waals surface area contributed by atoms with Crippen molar-refractivity contribution in [3.8, 4) is 0 Å². The Morgan fingerprint density at radius 2 is 1.93 bits per heavy atom. The molecular weight excluding hydrogens is 172 g/mol. The topological polar surface area (TPSA) is 17.1 Å². The first-order chi connectivity index (χ1) is 6.70. The standard InChI is InChI=1S/C13H22O/c1-11(2)7-6-10-13(14)12-8-4-3-5-9-12/h6,10-12H,3-5,7-9H2,1-2H3. The van der Waals surface area contributed by atoms with E-state index in [1.165, 1.54) is 19.3 Å². The first-order valence-electron chi connectivity index (χ1n) is 5.90. The molecule has 80 valence electrons. The predicted molar refractivity (Wildman–Crippen MR) is 60.2 cm³/mol. The number of ketones is 1. The smallest absolute Gasteiger partial charge is 0.158 e. The number of rotatable bonds is 4. The maximum atomic E-state index is 11.7. The molecule has 1 fully saturated rings. The van der Waals surface area contributed by atoms with Crippen LogP contribution in [0.15, 0.2) is 12.2 Å². The van der Waals surface area contributed by atoms with E-state index in [2.05, 4.69) is 13.8 Å². The lowest BCUT2D eigenvalue weighted by molar-refractivity contribution is -0.119. The summed E-state index contributed by atoms with van der Waals surface area (Å²) < 4.78 is 0. The van der Waals surface area contributed by atoms with Gasteiger partial charge in [-0.1, -0.05) is 39.2 Å². The van der Waals surface area contributed by atoms with Crippen LogP contribution in [0.1, 0.15) is 52.4 Å². The molecule has 0 bridgehead atoms. The van der Waals surface area contributed by atoms with Gasteiger partial charge in [0.05, 0.1) is 0 Å². The van der Waals surface area contributed by atoms with Gasteiger partial charge in [-0.2, -0.15) is 0 Å². The van der Waals surface area contributed by atoms with Gasteiger partial charge in [0.25, 0.3) is 0 Å². The molecule has 1 aliphatic rings. The molecule has 0 radical (unpaired) electrons. The van der Waals surface area contributed by atoms with Gasteiger partial charge in [0.15, 0.2) is 5.78 Å². The second-order valence-corrected chi connectivity index (χ2v) is 4.77. The molecule has 1 nitrogen and oxygen atoms in total. The van der Waals surface area contributed by atoms with Crippen molar-refractivity contribution in [2.75, 3.05) is 0 Å². The predicted octanol–water partition coefficient (Wildman–Crippen LogP) is 3.74. The van der Waals surface area contributed by atoms with E-state index in [-0.39, 0.29) is 0 Å². The number of hydrogen-bond acceptors (Lipinski definition) is 1. The lowest BCUT2D eigenvalue weighted by atomic mass is 9.86. The Hall–Kier alpha value is -0.590. The zero-order valence-corrected chi connectivity index (χ0v) is 9.46. The fourth-order valence-electron chi connectivity index (χ4n) is 1.98. The molecule has 1 aliphatic carbocycles. The lowest BCUT2D eigenvalue weighted by Crippen LogP contribution is -2.15. The van der Waals surface area contributed by atoms with E-state index in [9.17, 15) is 4.79 Å². The summed E-state index contributed by atoms with van der Waals surface area (Å²) in [5, 5.41) is 0. The molecule has 0 amide bonds. The average molecular weight is 194 g/mol. The number of hydrogen-bond donors (Lipinski definition) is 0. The molecule has 0 aromatic heterocycles. The van der Waals surface area contributed by atoms with Gasteiger partial charge in [-0.25, -0.2) is 0 Å². The fraction of sp³-hybridized carbons (Fsp3) is 0.769. The summed E-state index contributed by atoms with van der Waals surface area (Å²) in [6.45, 7) is 4.35. The largest absolute Gasteiger partial charge is 0.295 e. The minimum Gasteiger partial charge on any atom is -0.295 e. The summed E-state index contributed by atoms with van der Waals surface area (Å²) in [4.78, 5) is 11.7. The minimum absolute atomic E-state index is 0.340. The lowest BCUT2D eigenvalue weighted by Gasteiger charge is -2.18. The van der Waals surface area contributed by atoms with Crippen molar-refractivity contribution in [3.63, 3.8) is 0 Å². The summed E-state index contributed by atoms with van der Waals surface area (Å²) in [6.07, 6.45) is 10.9. The Balaban J connectivity index is 2.29. The van der Waals surface area contributed by atoms with Crippen molar-refractivity contribution in [2.45, 2.75) is 52.4 Å². The van der Waals surface area contributed by atoms with Gasteiger partial charge in [-0.05, 0) is 31.3 Å². The fourth-order valence-corrected chi connectivity index (χ4v) is 1.98. The number of allylic oxidation sites excluding steroid dienone is 2. The summed E-state index contributed by atoms with van der Waals surface area (Å²) in [6, 6.07) is 0. The van der Waals surface area contributed by atoms with Crippen LogP contribution in [0.25, 0.3) is 0 Å². The first-order valence-corrected chi connectivity index (χ1v) is 5.90. The van der Waals surface area contributed by atoms with Crippen molar-refractivity contribution < 1.29 is 4.79 Å². The second-order valence-electron chi connectivity index (χ2n) is 4.77. The highest BCUT2D eigenvalue weighted by atomic mass is 16.1. The first kappa shape index (κ1) is 11.5. The van der Waals surface area contributed by atoms with Gasteiger partial charge in [-0.15, -0.1) is 0 Å². The highest BCUT2D eigenvalue weighted by Crippen LogP contribution is 2.24. The van der Waals surface area contributed by atoms with Crippen LogP contribution >= 0.6 is 0 Å². The van der Waals surface area contributed by atoms with E-state index < -0.39 is 0 Å². The van der Waals surface area contributed by atoms with Crippen LogP contribution in [0.2, 0.25) is 0 Å². The summed E-state index contributed by atoms with van der Waals surface area (Å²) >= 11 is 0. The molecule has 14 heavy (non-hydrogen) atoms. The Morgan fingerprint density at radius 3 is 2.50 bits per heavy atom. The molecule has 0 aromatic carbocycles. The van der Waals surface area contributed by atoms with Gasteiger partial charge in [0, 0.05) is 5.92 Å². The highest BCUT2D eigenvalue weighted by molar-refractivity contribution is 5.91. The Labute approximate surface area is 87.6 Å². The maximum Gasteiger partial charge on any atom is 0.158 e. The van der Waals surface area contributed by atoms with Crippen LogP contribution in [-0.2, 0) is 4.79 Å². The van der Waals surface area contributed by atoms with Crippen LogP contribution < -0.4 is 0 Å². The van der Waals surface area contributed by atoms with E-state index in [0.29, 0.717) is 17.6 Å². The molecule has 0 heterocycles. The van der Waals surface area contributed by atoms with Crippen LogP contribution in [-0.4, -0.2) is 5.78 Å². The molecule has 0 N–H and O–H groups in total. The molecule has 0 saturated heterocycles. The van der Waals surface area contributed by atoms with E-state index in [1.807, 2.05) is 12.2 Å². The van der Waals surface area contributed by atoms with E-state index in [1.54, 1.807) is 0 Å². The average Bonchev–Trinajstić information content (AvgIpc) is 2.18. The monoisotopic (exact) mass is 194 g/mol. The molecule has 1 saturated carbocycles. The number of carbonyl (C=O) groups is 1. The molecule has 1 heteroatoms. The zero-order chi connectivity index (χ0) is 10.4. The number of carbonyl (C=O) groups excluding carboxylic acids is 1. The highest BCUT2D eigenvalue weighted by Gasteiger charge is 2.18. The van der Waals surface area contributed by atoms with Crippen LogP contribution in [0.3, 0.4) is 0 Å². The SMILES string of the molecule is CC(C)CC=CC(=O)C1CCCCC1. The van der Waals surface area contributed by atoms with E-state index in [0.717, 1.165) is 19.3 Å². The van der Waals surface area contributed by atoms with Crippen molar-refractivity contribution in [2.24, 2.45) is 11.8 Å². The normalized spacial score (nSPS) is 19.4. The van der Waals surface area contributed by atoms with Crippen LogP contribution in [0.4, 0.5) is 0 Å². The molecule has 0 aromatic rings. The Kier molecular flexibility index (Phi) is 4.92. The summed E-state index contributed by atoms with van der Waals surface area (Å²) in [7, 11) is 0. The molecular formula is C13H22O. The maximum absolute atomic E-state index is 11.7. The molecule has 1 rings (SSSR count). The van der Waals surface area contributed by atoms with Gasteiger partial charge in [0.2, 0.25) is 0 Å². The van der Waals surface area contributed by atoms with E-state index >= 15 is 0 Å². The molecule has 0 unspecified atom stereocenters. The van der Waals surface area contributed by atoms with E-state index in [4.69, 9.17) is 0 Å². The Bertz CT molecular complexity index is 197. The third-order valence-electron chi connectivity index (χ3n) is 2.90. The zero-order valence-electron chi connectivity index (χ0n) is 9.46. The molecule has 0 atom stereocenters. The second kappa shape index (κ2) is 6.00. The minimum atomic E-state index is 0.340. The summed E-state index contributed by atoms with van der Waals surface area (Å²) in [5.41, 5.74) is 0. The van der Waals surface area contributed by atoms with Crippen molar-refractivity contribution in [3.05, 3.63) is 12.2 Å². The Morgan fingerprint density at radius 1 is 1.29 bits per heavy atom. The van der Waals surface area contributed by atoms with Gasteiger partial charge in [-0.3, -0.25) is 4.79 Å². The molecule has 0 aliphatic heterocycles.